The molecule has 7 heteroatoms. The molecular formula is C9H6ClFN4O. The third-order valence-corrected chi connectivity index (χ3v) is 2.17. The molecule has 0 spiro atoms. The van der Waals surface area contributed by atoms with Gasteiger partial charge in [0.25, 0.3) is 0 Å². The van der Waals surface area contributed by atoms with E-state index in [-0.39, 0.29) is 16.8 Å². The van der Waals surface area contributed by atoms with Crippen LogP contribution >= 0.6 is 11.6 Å². The molecule has 0 unspecified atom stereocenters. The first kappa shape index (κ1) is 10.6. The molecule has 0 aliphatic rings. The van der Waals surface area contributed by atoms with E-state index >= 15 is 0 Å². The van der Waals surface area contributed by atoms with Gasteiger partial charge in [-0.2, -0.15) is 9.97 Å². The van der Waals surface area contributed by atoms with Crippen LogP contribution in [-0.4, -0.2) is 15.0 Å². The summed E-state index contributed by atoms with van der Waals surface area (Å²) in [6.45, 7) is 0. The predicted octanol–water partition coefficient (Wildman–Crippen LogP) is 1.21. The first-order chi connectivity index (χ1) is 7.56. The molecule has 16 heavy (non-hydrogen) atoms. The van der Waals surface area contributed by atoms with Crippen molar-refractivity contribution < 1.29 is 4.39 Å². The highest BCUT2D eigenvalue weighted by atomic mass is 35.5. The van der Waals surface area contributed by atoms with Crippen LogP contribution in [0.25, 0.3) is 11.4 Å². The molecule has 0 aliphatic heterocycles. The zero-order chi connectivity index (χ0) is 11.7. The Kier molecular flexibility index (Phi) is 2.57. The second kappa shape index (κ2) is 3.90. The second-order valence-electron chi connectivity index (χ2n) is 2.99. The number of anilines is 1. The summed E-state index contributed by atoms with van der Waals surface area (Å²) in [6, 6.07) is 4.03. The molecule has 0 atom stereocenters. The number of rotatable bonds is 1. The number of nitrogens with two attached hydrogens (primary N) is 1. The molecule has 82 valence electrons. The highest BCUT2D eigenvalue weighted by Gasteiger charge is 2.06. The maximum atomic E-state index is 13.2. The first-order valence-electron chi connectivity index (χ1n) is 4.25. The van der Waals surface area contributed by atoms with Gasteiger partial charge in [-0.25, -0.2) is 9.18 Å². The topological polar surface area (TPSA) is 84.7 Å². The van der Waals surface area contributed by atoms with Gasteiger partial charge < -0.3 is 5.73 Å². The van der Waals surface area contributed by atoms with Crippen LogP contribution in [0.4, 0.5) is 10.3 Å². The normalized spacial score (nSPS) is 10.4. The lowest BCUT2D eigenvalue weighted by atomic mass is 10.2. The fourth-order valence-corrected chi connectivity index (χ4v) is 1.30. The average molecular weight is 241 g/mol. The van der Waals surface area contributed by atoms with E-state index in [1.807, 2.05) is 0 Å². The van der Waals surface area contributed by atoms with Gasteiger partial charge in [-0.05, 0) is 18.2 Å². The van der Waals surface area contributed by atoms with Gasteiger partial charge in [0.05, 0.1) is 5.02 Å². The minimum Gasteiger partial charge on any atom is -0.368 e. The summed E-state index contributed by atoms with van der Waals surface area (Å²) in [7, 11) is 0. The first-order valence-corrected chi connectivity index (χ1v) is 4.63. The lowest BCUT2D eigenvalue weighted by Gasteiger charge is -2.01. The number of benzene rings is 1. The number of aromatic amines is 1. The largest absolute Gasteiger partial charge is 0.368 e. The van der Waals surface area contributed by atoms with Crippen LogP contribution in [0.1, 0.15) is 0 Å². The molecule has 0 radical (unpaired) electrons. The van der Waals surface area contributed by atoms with Gasteiger partial charge in [-0.3, -0.25) is 4.98 Å². The maximum Gasteiger partial charge on any atom is 0.349 e. The molecule has 2 aromatic rings. The lowest BCUT2D eigenvalue weighted by Crippen LogP contribution is -2.15. The van der Waals surface area contributed by atoms with E-state index in [1.54, 1.807) is 0 Å². The monoisotopic (exact) mass is 240 g/mol. The fourth-order valence-electron chi connectivity index (χ4n) is 1.18. The van der Waals surface area contributed by atoms with E-state index in [2.05, 4.69) is 15.0 Å². The highest BCUT2D eigenvalue weighted by molar-refractivity contribution is 6.30. The lowest BCUT2D eigenvalue weighted by molar-refractivity contribution is 0.628. The number of hydrogen-bond donors (Lipinski definition) is 2. The van der Waals surface area contributed by atoms with E-state index < -0.39 is 11.5 Å². The van der Waals surface area contributed by atoms with E-state index in [0.29, 0.717) is 5.56 Å². The molecule has 1 aromatic heterocycles. The fraction of sp³-hybridized carbons (Fsp3) is 0. The molecule has 0 amide bonds. The number of nitrogens with zero attached hydrogens (tertiary/aromatic N) is 2. The van der Waals surface area contributed by atoms with Crippen molar-refractivity contribution in [1.29, 1.82) is 0 Å². The summed E-state index contributed by atoms with van der Waals surface area (Å²) in [5, 5.41) is -0.00637. The number of halogens is 2. The number of H-pyrrole nitrogens is 1. The molecule has 0 fully saturated rings. The quantitative estimate of drug-likeness (QED) is 0.785. The standard InChI is InChI=1S/C9H6ClFN4O/c10-5-2-1-4(3-6(5)11)7-13-8(12)15-9(16)14-7/h1-3H,(H3,12,13,14,15,16). The summed E-state index contributed by atoms with van der Waals surface area (Å²) in [5.41, 5.74) is 5.03. The summed E-state index contributed by atoms with van der Waals surface area (Å²) in [4.78, 5) is 20.5. The van der Waals surface area contributed by atoms with Crippen molar-refractivity contribution in [2.45, 2.75) is 0 Å². The molecule has 0 saturated carbocycles. The molecule has 5 nitrogen and oxygen atoms in total. The van der Waals surface area contributed by atoms with Crippen molar-refractivity contribution in [3.63, 3.8) is 0 Å². The van der Waals surface area contributed by atoms with Gasteiger partial charge in [0.1, 0.15) is 11.6 Å². The Balaban J connectivity index is 2.58. The van der Waals surface area contributed by atoms with Crippen molar-refractivity contribution in [1.82, 2.24) is 15.0 Å². The van der Waals surface area contributed by atoms with E-state index in [1.165, 1.54) is 12.1 Å². The molecular weight excluding hydrogens is 235 g/mol. The maximum absolute atomic E-state index is 13.2. The third-order valence-electron chi connectivity index (χ3n) is 1.86. The molecule has 1 heterocycles. The molecule has 0 aliphatic carbocycles. The van der Waals surface area contributed by atoms with Gasteiger partial charge in [-0.1, -0.05) is 11.6 Å². The van der Waals surface area contributed by atoms with Crippen molar-refractivity contribution in [2.24, 2.45) is 0 Å². The van der Waals surface area contributed by atoms with Crippen LogP contribution < -0.4 is 11.4 Å². The summed E-state index contributed by atoms with van der Waals surface area (Å²) >= 11 is 5.53. The van der Waals surface area contributed by atoms with Crippen molar-refractivity contribution in [3.05, 3.63) is 39.5 Å². The Morgan fingerprint density at radius 1 is 1.38 bits per heavy atom. The average Bonchev–Trinajstić information content (AvgIpc) is 2.20. The van der Waals surface area contributed by atoms with Gasteiger partial charge in [-0.15, -0.1) is 0 Å². The Labute approximate surface area is 94.1 Å². The molecule has 0 saturated heterocycles. The second-order valence-corrected chi connectivity index (χ2v) is 3.40. The van der Waals surface area contributed by atoms with Crippen molar-refractivity contribution in [2.75, 3.05) is 5.73 Å². The van der Waals surface area contributed by atoms with Crippen molar-refractivity contribution in [3.8, 4) is 11.4 Å². The Morgan fingerprint density at radius 3 is 2.75 bits per heavy atom. The van der Waals surface area contributed by atoms with Crippen LogP contribution in [-0.2, 0) is 0 Å². The van der Waals surface area contributed by atoms with Gasteiger partial charge >= 0.3 is 5.69 Å². The van der Waals surface area contributed by atoms with Crippen molar-refractivity contribution >= 4 is 17.5 Å². The van der Waals surface area contributed by atoms with Crippen LogP contribution in [0.15, 0.2) is 23.0 Å². The van der Waals surface area contributed by atoms with Gasteiger partial charge in [0.15, 0.2) is 0 Å². The number of nitrogens with one attached hydrogen (secondary N) is 1. The number of nitrogen functional groups attached to an aromatic ring is 1. The molecule has 0 bridgehead atoms. The molecule has 1 aromatic carbocycles. The van der Waals surface area contributed by atoms with Crippen LogP contribution in [0.5, 0.6) is 0 Å². The molecule has 2 rings (SSSR count). The minimum atomic E-state index is -0.641. The summed E-state index contributed by atoms with van der Waals surface area (Å²) < 4.78 is 13.2. The Hall–Kier alpha value is -1.95. The number of aromatic nitrogens is 3. The van der Waals surface area contributed by atoms with E-state index in [0.717, 1.165) is 6.07 Å². The van der Waals surface area contributed by atoms with Gasteiger partial charge in [0.2, 0.25) is 5.95 Å². The van der Waals surface area contributed by atoms with Crippen LogP contribution in [0.3, 0.4) is 0 Å². The van der Waals surface area contributed by atoms with Crippen LogP contribution in [0, 0.1) is 5.82 Å². The van der Waals surface area contributed by atoms with E-state index in [9.17, 15) is 9.18 Å². The van der Waals surface area contributed by atoms with E-state index in [4.69, 9.17) is 17.3 Å². The predicted molar refractivity (Wildman–Crippen MR) is 57.5 cm³/mol. The Morgan fingerprint density at radius 2 is 2.12 bits per heavy atom. The molecule has 3 N–H and O–H groups in total. The zero-order valence-corrected chi connectivity index (χ0v) is 8.62. The zero-order valence-electron chi connectivity index (χ0n) is 7.87. The van der Waals surface area contributed by atoms with Gasteiger partial charge in [0, 0.05) is 5.56 Å². The summed E-state index contributed by atoms with van der Waals surface area (Å²) in [6.07, 6.45) is 0. The highest BCUT2D eigenvalue weighted by Crippen LogP contribution is 2.20. The number of hydrogen-bond acceptors (Lipinski definition) is 4. The smallest absolute Gasteiger partial charge is 0.349 e. The summed E-state index contributed by atoms with van der Waals surface area (Å²) in [5.74, 6) is -0.626. The third kappa shape index (κ3) is 2.01. The SMILES string of the molecule is Nc1nc(-c2ccc(Cl)c(F)c2)[nH]c(=O)n1. The minimum absolute atomic E-state index is 0.00637. The Bertz CT molecular complexity index is 598. The van der Waals surface area contributed by atoms with Crippen LogP contribution in [0.2, 0.25) is 5.02 Å².